The number of unbranched alkanes of at least 4 members (excludes halogenated alkanes) is 29. The van der Waals surface area contributed by atoms with Gasteiger partial charge < -0.3 is 65.1 Å². The molecule has 2 aliphatic rings. The lowest BCUT2D eigenvalue weighted by Crippen LogP contribution is -2.65. The molecule has 0 spiro atoms. The molecular formula is C61H111NO13. The van der Waals surface area contributed by atoms with Crippen LogP contribution in [-0.2, 0) is 23.7 Å². The number of nitrogens with one attached hydrogen (secondary N) is 1. The molecule has 0 radical (unpaired) electrons. The van der Waals surface area contributed by atoms with Crippen molar-refractivity contribution in [3.8, 4) is 0 Å². The Morgan fingerprint density at radius 1 is 0.493 bits per heavy atom. The van der Waals surface area contributed by atoms with Crippen molar-refractivity contribution >= 4 is 5.91 Å². The molecule has 9 N–H and O–H groups in total. The molecule has 2 heterocycles. The standard InChI is InChI=1S/C61H111NO13/c1-3-5-7-9-11-13-15-17-18-19-20-21-22-23-24-25-26-27-28-29-30-31-33-34-36-38-40-42-44-50(65)49(62-53(66)45-43-41-39-37-35-32-16-14-12-10-8-6-4-2)48-72-60-58(71)56(69)59(52(47-64)74-60)75-61-57(70)55(68)54(67)51(46-63)73-61/h6,8,12,14,32,35,42,44,49-52,54-61,63-65,67-71H,3-5,7,9-11,13,15-31,33-34,36-41,43,45-48H2,1-2H3,(H,62,66)/b8-6-,14-12-,35-32-,44-42+. The maximum Gasteiger partial charge on any atom is 0.220 e. The molecule has 0 aromatic heterocycles. The molecule has 0 aromatic carbocycles. The largest absolute Gasteiger partial charge is 0.394 e. The number of ether oxygens (including phenoxy) is 4. The molecule has 2 fully saturated rings. The molecule has 12 unspecified atom stereocenters. The molecular weight excluding hydrogens is 955 g/mol. The first kappa shape index (κ1) is 69.1. The summed E-state index contributed by atoms with van der Waals surface area (Å²) in [5.74, 6) is -0.268. The Morgan fingerprint density at radius 3 is 1.41 bits per heavy atom. The van der Waals surface area contributed by atoms with Crippen LogP contribution in [0.1, 0.15) is 239 Å². The van der Waals surface area contributed by atoms with Crippen molar-refractivity contribution in [2.45, 2.75) is 312 Å². The average molecular weight is 1070 g/mol. The molecule has 2 saturated heterocycles. The van der Waals surface area contributed by atoms with Crippen LogP contribution in [0.5, 0.6) is 0 Å². The third-order valence-corrected chi connectivity index (χ3v) is 14.8. The fourth-order valence-electron chi connectivity index (χ4n) is 9.90. The van der Waals surface area contributed by atoms with Gasteiger partial charge in [0.05, 0.1) is 32.0 Å². The first-order chi connectivity index (χ1) is 36.6. The summed E-state index contributed by atoms with van der Waals surface area (Å²) in [6.07, 6.45) is 41.8. The number of amides is 1. The van der Waals surface area contributed by atoms with Gasteiger partial charge in [-0.25, -0.2) is 0 Å². The second-order valence-electron chi connectivity index (χ2n) is 21.5. The molecule has 0 aromatic rings. The van der Waals surface area contributed by atoms with Gasteiger partial charge in [0.1, 0.15) is 48.8 Å². The first-order valence-electron chi connectivity index (χ1n) is 30.4. The lowest BCUT2D eigenvalue weighted by atomic mass is 9.97. The van der Waals surface area contributed by atoms with E-state index in [0.717, 1.165) is 57.8 Å². The van der Waals surface area contributed by atoms with Crippen molar-refractivity contribution < 1.29 is 64.6 Å². The number of hydrogen-bond acceptors (Lipinski definition) is 13. The SMILES string of the molecule is CC/C=C\C/C=C\C/C=C\CCCCCC(=O)NC(COC1OC(CO)C(OC2OC(CO)C(O)C(O)C2O)C(O)C1O)C(O)/C=C/CCCCCCCCCCCCCCCCCCCCCCCCCCCC. The van der Waals surface area contributed by atoms with Crippen LogP contribution in [0.3, 0.4) is 0 Å². The highest BCUT2D eigenvalue weighted by atomic mass is 16.7. The quantitative estimate of drug-likeness (QED) is 0.0204. The minimum Gasteiger partial charge on any atom is -0.394 e. The highest BCUT2D eigenvalue weighted by Crippen LogP contribution is 2.30. The second kappa shape index (κ2) is 46.8. The van der Waals surface area contributed by atoms with Crippen molar-refractivity contribution in [2.75, 3.05) is 19.8 Å². The third-order valence-electron chi connectivity index (χ3n) is 14.8. The molecule has 75 heavy (non-hydrogen) atoms. The van der Waals surface area contributed by atoms with Crippen molar-refractivity contribution in [3.63, 3.8) is 0 Å². The summed E-state index contributed by atoms with van der Waals surface area (Å²) >= 11 is 0. The van der Waals surface area contributed by atoms with Gasteiger partial charge in [0.25, 0.3) is 0 Å². The average Bonchev–Trinajstić information content (AvgIpc) is 3.41. The van der Waals surface area contributed by atoms with E-state index in [2.05, 4.69) is 55.6 Å². The van der Waals surface area contributed by atoms with E-state index in [1.807, 2.05) is 6.08 Å². The van der Waals surface area contributed by atoms with Gasteiger partial charge in [0.15, 0.2) is 12.6 Å². The number of rotatable bonds is 48. The van der Waals surface area contributed by atoms with Crippen LogP contribution in [-0.4, -0.2) is 140 Å². The molecule has 0 bridgehead atoms. The molecule has 2 aliphatic heterocycles. The van der Waals surface area contributed by atoms with Gasteiger partial charge in [0, 0.05) is 6.42 Å². The molecule has 14 nitrogen and oxygen atoms in total. The van der Waals surface area contributed by atoms with Crippen LogP contribution in [0.15, 0.2) is 48.6 Å². The minimum absolute atomic E-state index is 0.245. The molecule has 12 atom stereocenters. The number of aliphatic hydroxyl groups excluding tert-OH is 8. The van der Waals surface area contributed by atoms with Gasteiger partial charge in [-0.15, -0.1) is 0 Å². The monoisotopic (exact) mass is 1070 g/mol. The molecule has 438 valence electrons. The van der Waals surface area contributed by atoms with Crippen LogP contribution in [0.25, 0.3) is 0 Å². The van der Waals surface area contributed by atoms with Crippen molar-refractivity contribution in [1.82, 2.24) is 5.32 Å². The van der Waals surface area contributed by atoms with Crippen molar-refractivity contribution in [3.05, 3.63) is 48.6 Å². The summed E-state index contributed by atoms with van der Waals surface area (Å²) in [5.41, 5.74) is 0. The van der Waals surface area contributed by atoms with Gasteiger partial charge in [-0.2, -0.15) is 0 Å². The summed E-state index contributed by atoms with van der Waals surface area (Å²) in [6, 6.07) is -0.931. The van der Waals surface area contributed by atoms with E-state index < -0.39 is 86.8 Å². The Labute approximate surface area is 454 Å². The Balaban J connectivity index is 1.71. The van der Waals surface area contributed by atoms with E-state index in [1.165, 1.54) is 154 Å². The molecule has 2 rings (SSSR count). The summed E-state index contributed by atoms with van der Waals surface area (Å²) < 4.78 is 22.7. The first-order valence-corrected chi connectivity index (χ1v) is 30.4. The number of carbonyl (C=O) groups excluding carboxylic acids is 1. The Hall–Kier alpha value is -2.05. The zero-order chi connectivity index (χ0) is 54.6. The van der Waals surface area contributed by atoms with E-state index in [1.54, 1.807) is 6.08 Å². The topological polar surface area (TPSA) is 228 Å². The summed E-state index contributed by atoms with van der Waals surface area (Å²) in [6.45, 7) is 2.67. The van der Waals surface area contributed by atoms with Gasteiger partial charge in [-0.1, -0.05) is 229 Å². The zero-order valence-corrected chi connectivity index (χ0v) is 47.0. The lowest BCUT2D eigenvalue weighted by molar-refractivity contribution is -0.359. The Bertz CT molecular complexity index is 1440. The highest BCUT2D eigenvalue weighted by Gasteiger charge is 2.51. The van der Waals surface area contributed by atoms with Gasteiger partial charge >= 0.3 is 0 Å². The number of carbonyl (C=O) groups is 1. The number of aliphatic hydroxyl groups is 8. The maximum atomic E-state index is 13.2. The zero-order valence-electron chi connectivity index (χ0n) is 47.0. The third kappa shape index (κ3) is 32.6. The van der Waals surface area contributed by atoms with Gasteiger partial charge in [-0.05, 0) is 51.4 Å². The maximum absolute atomic E-state index is 13.2. The molecule has 1 amide bonds. The van der Waals surface area contributed by atoms with Gasteiger partial charge in [-0.3, -0.25) is 4.79 Å². The van der Waals surface area contributed by atoms with Crippen LogP contribution in [0.4, 0.5) is 0 Å². The van der Waals surface area contributed by atoms with Gasteiger partial charge in [0.2, 0.25) is 5.91 Å². The Kier molecular flexibility index (Phi) is 43.1. The predicted molar refractivity (Wildman–Crippen MR) is 300 cm³/mol. The predicted octanol–water partition coefficient (Wildman–Crippen LogP) is 10.4. The smallest absolute Gasteiger partial charge is 0.220 e. The number of hydrogen-bond donors (Lipinski definition) is 9. The highest BCUT2D eigenvalue weighted by molar-refractivity contribution is 5.76. The number of allylic oxidation sites excluding steroid dienone is 7. The fourth-order valence-corrected chi connectivity index (χ4v) is 9.90. The Morgan fingerprint density at radius 2 is 0.920 bits per heavy atom. The molecule has 14 heteroatoms. The summed E-state index contributed by atoms with van der Waals surface area (Å²) in [7, 11) is 0. The van der Waals surface area contributed by atoms with Crippen LogP contribution in [0.2, 0.25) is 0 Å². The summed E-state index contributed by atoms with van der Waals surface area (Å²) in [5, 5.41) is 87.0. The van der Waals surface area contributed by atoms with E-state index in [9.17, 15) is 45.6 Å². The second-order valence-corrected chi connectivity index (χ2v) is 21.5. The van der Waals surface area contributed by atoms with Crippen LogP contribution < -0.4 is 5.32 Å². The fraction of sp³-hybridized carbons (Fsp3) is 0.852. The molecule has 0 saturated carbocycles. The van der Waals surface area contributed by atoms with E-state index in [0.29, 0.717) is 6.42 Å². The normalized spacial score (nSPS) is 25.4. The minimum atomic E-state index is -1.79. The molecule has 0 aliphatic carbocycles. The summed E-state index contributed by atoms with van der Waals surface area (Å²) in [4.78, 5) is 13.2. The van der Waals surface area contributed by atoms with Crippen molar-refractivity contribution in [1.29, 1.82) is 0 Å². The lowest BCUT2D eigenvalue weighted by Gasteiger charge is -2.46. The van der Waals surface area contributed by atoms with Crippen LogP contribution in [0, 0.1) is 0 Å². The van der Waals surface area contributed by atoms with Crippen LogP contribution >= 0.6 is 0 Å². The van der Waals surface area contributed by atoms with E-state index in [4.69, 9.17) is 18.9 Å². The van der Waals surface area contributed by atoms with Crippen molar-refractivity contribution in [2.24, 2.45) is 0 Å². The van der Waals surface area contributed by atoms with E-state index in [-0.39, 0.29) is 18.9 Å². The van der Waals surface area contributed by atoms with E-state index >= 15 is 0 Å².